The highest BCUT2D eigenvalue weighted by atomic mass is 19.3. The van der Waals surface area contributed by atoms with E-state index in [2.05, 4.69) is 0 Å². The zero-order valence-corrected chi connectivity index (χ0v) is 6.16. The molecule has 0 spiro atoms. The van der Waals surface area contributed by atoms with Crippen LogP contribution in [0.25, 0.3) is 0 Å². The Labute approximate surface area is 59.6 Å². The Kier molecular flexibility index (Phi) is 1.71. The normalized spacial score (nSPS) is 22.8. The summed E-state index contributed by atoms with van der Waals surface area (Å²) in [4.78, 5) is 0. The second kappa shape index (κ2) is 2.16. The smallest absolute Gasteiger partial charge is 0.245 e. The molecule has 3 heteroatoms. The number of hydrogen-bond donors (Lipinski definition) is 1. The van der Waals surface area contributed by atoms with E-state index in [0.29, 0.717) is 6.42 Å². The van der Waals surface area contributed by atoms with Crippen molar-refractivity contribution in [2.24, 2.45) is 5.73 Å². The highest BCUT2D eigenvalue weighted by Crippen LogP contribution is 2.38. The average Bonchev–Trinajstić information content (AvgIpc) is 2.43. The molecular weight excluding hydrogens is 136 g/mol. The molecule has 1 fully saturated rings. The molecule has 0 saturated heterocycles. The monoisotopic (exact) mass is 149 g/mol. The van der Waals surface area contributed by atoms with E-state index in [1.807, 2.05) is 0 Å². The first-order valence-corrected chi connectivity index (χ1v) is 3.58. The van der Waals surface area contributed by atoms with Crippen molar-refractivity contribution in [2.75, 3.05) is 0 Å². The van der Waals surface area contributed by atoms with Crippen LogP contribution in [0.1, 0.15) is 32.6 Å². The lowest BCUT2D eigenvalue weighted by molar-refractivity contribution is 0.00848. The van der Waals surface area contributed by atoms with Crippen LogP contribution in [0.4, 0.5) is 8.78 Å². The fraction of sp³-hybridized carbons (Fsp3) is 1.00. The molecule has 0 unspecified atom stereocenters. The molecule has 60 valence electrons. The summed E-state index contributed by atoms with van der Waals surface area (Å²) >= 11 is 0. The van der Waals surface area contributed by atoms with Crippen LogP contribution < -0.4 is 5.73 Å². The van der Waals surface area contributed by atoms with Crippen LogP contribution >= 0.6 is 0 Å². The number of rotatable bonds is 3. The molecule has 0 atom stereocenters. The van der Waals surface area contributed by atoms with Crippen molar-refractivity contribution in [3.63, 3.8) is 0 Å². The Morgan fingerprint density at radius 1 is 1.50 bits per heavy atom. The molecule has 1 aliphatic rings. The molecule has 0 aromatic heterocycles. The van der Waals surface area contributed by atoms with Crippen LogP contribution in [-0.2, 0) is 0 Å². The molecule has 0 aromatic rings. The number of hydrogen-bond acceptors (Lipinski definition) is 1. The summed E-state index contributed by atoms with van der Waals surface area (Å²) in [6, 6.07) is 0. The zero-order chi connectivity index (χ0) is 7.83. The highest BCUT2D eigenvalue weighted by molar-refractivity contribution is 4.98. The number of halogens is 2. The standard InChI is InChI=1S/C7H13F2N/c1-6(8,9)2-3-7(10)4-5-7/h2-5,10H2,1H3. The summed E-state index contributed by atoms with van der Waals surface area (Å²) in [5, 5.41) is 0. The Bertz CT molecular complexity index is 119. The Balaban J connectivity index is 2.17. The number of nitrogens with two attached hydrogens (primary N) is 1. The molecule has 1 saturated carbocycles. The van der Waals surface area contributed by atoms with Gasteiger partial charge in [0, 0.05) is 12.0 Å². The molecule has 0 heterocycles. The molecule has 10 heavy (non-hydrogen) atoms. The molecule has 0 aliphatic heterocycles. The average molecular weight is 149 g/mol. The van der Waals surface area contributed by atoms with Gasteiger partial charge in [-0.15, -0.1) is 0 Å². The zero-order valence-electron chi connectivity index (χ0n) is 6.16. The van der Waals surface area contributed by atoms with Gasteiger partial charge < -0.3 is 5.73 Å². The third kappa shape index (κ3) is 2.60. The van der Waals surface area contributed by atoms with Crippen LogP contribution in [0.15, 0.2) is 0 Å². The van der Waals surface area contributed by atoms with E-state index >= 15 is 0 Å². The van der Waals surface area contributed by atoms with Gasteiger partial charge in [0.25, 0.3) is 0 Å². The summed E-state index contributed by atoms with van der Waals surface area (Å²) in [5.41, 5.74) is 5.40. The van der Waals surface area contributed by atoms with Crippen molar-refractivity contribution in [3.8, 4) is 0 Å². The topological polar surface area (TPSA) is 26.0 Å². The second-order valence-corrected chi connectivity index (χ2v) is 3.43. The fourth-order valence-electron chi connectivity index (χ4n) is 0.879. The van der Waals surface area contributed by atoms with Crippen molar-refractivity contribution < 1.29 is 8.78 Å². The van der Waals surface area contributed by atoms with Gasteiger partial charge in [-0.1, -0.05) is 0 Å². The maximum Gasteiger partial charge on any atom is 0.245 e. The predicted octanol–water partition coefficient (Wildman–Crippen LogP) is 1.91. The van der Waals surface area contributed by atoms with Crippen LogP contribution in [0.3, 0.4) is 0 Å². The van der Waals surface area contributed by atoms with Gasteiger partial charge in [0.15, 0.2) is 0 Å². The maximum atomic E-state index is 12.2. The minimum Gasteiger partial charge on any atom is -0.325 e. The number of alkyl halides is 2. The molecule has 0 amide bonds. The van der Waals surface area contributed by atoms with E-state index in [9.17, 15) is 8.78 Å². The second-order valence-electron chi connectivity index (χ2n) is 3.43. The predicted molar refractivity (Wildman–Crippen MR) is 36.0 cm³/mol. The largest absolute Gasteiger partial charge is 0.325 e. The maximum absolute atomic E-state index is 12.2. The third-order valence-corrected chi connectivity index (χ3v) is 1.95. The van der Waals surface area contributed by atoms with E-state index in [1.54, 1.807) is 0 Å². The van der Waals surface area contributed by atoms with Crippen molar-refractivity contribution >= 4 is 0 Å². The Hall–Kier alpha value is -0.180. The van der Waals surface area contributed by atoms with Crippen LogP contribution in [0.2, 0.25) is 0 Å². The lowest BCUT2D eigenvalue weighted by atomic mass is 10.1. The Morgan fingerprint density at radius 3 is 2.30 bits per heavy atom. The summed E-state index contributed by atoms with van der Waals surface area (Å²) in [7, 11) is 0. The van der Waals surface area contributed by atoms with E-state index in [-0.39, 0.29) is 12.0 Å². The van der Waals surface area contributed by atoms with Crippen LogP contribution in [-0.4, -0.2) is 11.5 Å². The van der Waals surface area contributed by atoms with Crippen molar-refractivity contribution in [3.05, 3.63) is 0 Å². The highest BCUT2D eigenvalue weighted by Gasteiger charge is 2.39. The van der Waals surface area contributed by atoms with Gasteiger partial charge in [0.2, 0.25) is 5.92 Å². The van der Waals surface area contributed by atoms with E-state index in [4.69, 9.17) is 5.73 Å². The molecular formula is C7H13F2N. The Morgan fingerprint density at radius 2 is 2.00 bits per heavy atom. The fourth-order valence-corrected chi connectivity index (χ4v) is 0.879. The van der Waals surface area contributed by atoms with E-state index < -0.39 is 5.92 Å². The molecule has 0 radical (unpaired) electrons. The molecule has 0 bridgehead atoms. The van der Waals surface area contributed by atoms with Gasteiger partial charge in [0.05, 0.1) is 0 Å². The van der Waals surface area contributed by atoms with Crippen LogP contribution in [0, 0.1) is 0 Å². The van der Waals surface area contributed by atoms with Gasteiger partial charge >= 0.3 is 0 Å². The van der Waals surface area contributed by atoms with E-state index in [1.165, 1.54) is 0 Å². The lowest BCUT2D eigenvalue weighted by Gasteiger charge is -2.12. The minimum absolute atomic E-state index is 0.0660. The SMILES string of the molecule is CC(F)(F)CCC1(N)CC1. The lowest BCUT2D eigenvalue weighted by Crippen LogP contribution is -2.24. The van der Waals surface area contributed by atoms with Crippen LogP contribution in [0.5, 0.6) is 0 Å². The van der Waals surface area contributed by atoms with Gasteiger partial charge in [-0.3, -0.25) is 0 Å². The molecule has 2 N–H and O–H groups in total. The van der Waals surface area contributed by atoms with E-state index in [0.717, 1.165) is 19.8 Å². The van der Waals surface area contributed by atoms with Crippen molar-refractivity contribution in [1.29, 1.82) is 0 Å². The quantitative estimate of drug-likeness (QED) is 0.651. The van der Waals surface area contributed by atoms with Gasteiger partial charge in [0.1, 0.15) is 0 Å². The summed E-state index contributed by atoms with van der Waals surface area (Å²) in [6.45, 7) is 0.943. The molecule has 0 aromatic carbocycles. The first kappa shape index (κ1) is 7.92. The first-order chi connectivity index (χ1) is 4.41. The minimum atomic E-state index is -2.53. The molecule has 1 nitrogen and oxygen atoms in total. The van der Waals surface area contributed by atoms with Gasteiger partial charge in [-0.05, 0) is 26.2 Å². The third-order valence-electron chi connectivity index (χ3n) is 1.95. The summed E-state index contributed by atoms with van der Waals surface area (Å²) in [6.07, 6.45) is 2.24. The first-order valence-electron chi connectivity index (χ1n) is 3.58. The summed E-state index contributed by atoms with van der Waals surface area (Å²) < 4.78 is 24.4. The van der Waals surface area contributed by atoms with Gasteiger partial charge in [-0.25, -0.2) is 8.78 Å². The van der Waals surface area contributed by atoms with Gasteiger partial charge in [-0.2, -0.15) is 0 Å². The molecule has 1 rings (SSSR count). The van der Waals surface area contributed by atoms with Crippen molar-refractivity contribution in [2.45, 2.75) is 44.1 Å². The molecule has 1 aliphatic carbocycles. The summed E-state index contributed by atoms with van der Waals surface area (Å²) in [5.74, 6) is -2.53. The van der Waals surface area contributed by atoms with Crippen molar-refractivity contribution in [1.82, 2.24) is 0 Å².